The number of urea groups is 1. The molecule has 3 heterocycles. The van der Waals surface area contributed by atoms with Gasteiger partial charge in [-0.15, -0.1) is 0 Å². The summed E-state index contributed by atoms with van der Waals surface area (Å²) >= 11 is 0. The maximum absolute atomic E-state index is 12.6. The van der Waals surface area contributed by atoms with Gasteiger partial charge in [-0.2, -0.15) is 0 Å². The maximum Gasteiger partial charge on any atom is 0.325 e. The van der Waals surface area contributed by atoms with Gasteiger partial charge in [0.05, 0.1) is 18.4 Å². The summed E-state index contributed by atoms with van der Waals surface area (Å²) < 4.78 is 10.2. The molecule has 1 unspecified atom stereocenters. The molecule has 2 saturated heterocycles. The summed E-state index contributed by atoms with van der Waals surface area (Å²) in [5.41, 5.74) is -0.465. The minimum atomic E-state index is -1.02. The van der Waals surface area contributed by atoms with Gasteiger partial charge in [-0.05, 0) is 32.8 Å². The summed E-state index contributed by atoms with van der Waals surface area (Å²) in [5, 5.41) is 2.71. The molecule has 2 fully saturated rings. The summed E-state index contributed by atoms with van der Waals surface area (Å²) in [5.74, 6) is 0.248. The van der Waals surface area contributed by atoms with E-state index in [4.69, 9.17) is 9.15 Å². The van der Waals surface area contributed by atoms with Crippen molar-refractivity contribution in [2.24, 2.45) is 0 Å². The minimum Gasteiger partial charge on any atom is -0.469 e. The van der Waals surface area contributed by atoms with Crippen LogP contribution in [0, 0.1) is 6.92 Å². The Balaban J connectivity index is 1.65. The topological polar surface area (TPSA) is 92.1 Å². The van der Waals surface area contributed by atoms with Gasteiger partial charge in [-0.25, -0.2) is 4.79 Å². The van der Waals surface area contributed by atoms with Crippen LogP contribution in [0.1, 0.15) is 35.9 Å². The van der Waals surface area contributed by atoms with Crippen molar-refractivity contribution in [2.45, 2.75) is 38.3 Å². The summed E-state index contributed by atoms with van der Waals surface area (Å²) in [6.07, 6.45) is 2.62. The molecule has 4 amide bonds. The summed E-state index contributed by atoms with van der Waals surface area (Å²) in [4.78, 5) is 40.5. The lowest BCUT2D eigenvalue weighted by Gasteiger charge is -2.35. The van der Waals surface area contributed by atoms with Crippen LogP contribution in [-0.4, -0.2) is 66.0 Å². The van der Waals surface area contributed by atoms with Gasteiger partial charge in [-0.1, -0.05) is 0 Å². The van der Waals surface area contributed by atoms with Gasteiger partial charge in [0.25, 0.3) is 11.8 Å². The number of nitrogens with one attached hydrogen (secondary N) is 1. The lowest BCUT2D eigenvalue weighted by Crippen LogP contribution is -2.51. The Morgan fingerprint density at radius 1 is 1.40 bits per heavy atom. The Hall–Kier alpha value is -2.35. The van der Waals surface area contributed by atoms with E-state index in [0.717, 1.165) is 0 Å². The maximum atomic E-state index is 12.6. The molecule has 0 radical (unpaired) electrons. The van der Waals surface area contributed by atoms with Crippen molar-refractivity contribution in [1.82, 2.24) is 15.1 Å². The predicted octanol–water partition coefficient (Wildman–Crippen LogP) is 1.15. The number of aryl methyl sites for hydroxylation is 1. The minimum absolute atomic E-state index is 0.0777. The number of carbonyl (C=O) groups excluding carboxylic acids is 3. The summed E-state index contributed by atoms with van der Waals surface area (Å²) in [6.45, 7) is 4.53. The zero-order valence-electron chi connectivity index (χ0n) is 14.7. The average Bonchev–Trinajstić information content (AvgIpc) is 3.09. The number of likely N-dealkylation sites (tertiary alicyclic amines) is 1. The molecule has 0 saturated carbocycles. The van der Waals surface area contributed by atoms with Crippen LogP contribution in [-0.2, 0) is 9.53 Å². The molecule has 2 aliphatic heterocycles. The number of amides is 4. The number of hydrogen-bond acceptors (Lipinski definition) is 5. The number of rotatable bonds is 4. The number of furan rings is 1. The Bertz CT molecular complexity index is 692. The zero-order valence-corrected chi connectivity index (χ0v) is 14.7. The van der Waals surface area contributed by atoms with Crippen LogP contribution in [0.5, 0.6) is 0 Å². The highest BCUT2D eigenvalue weighted by Gasteiger charge is 2.50. The van der Waals surface area contributed by atoms with Crippen LogP contribution in [0.25, 0.3) is 0 Å². The number of imide groups is 1. The van der Waals surface area contributed by atoms with E-state index in [-0.39, 0.29) is 30.5 Å². The SMILES string of the molecule is COCC1(C)NC(=O)N(C2CCN(C(=O)c3ccoc3C)CC2)C1=O. The zero-order chi connectivity index (χ0) is 18.2. The quantitative estimate of drug-likeness (QED) is 0.823. The molecule has 0 aromatic carbocycles. The Morgan fingerprint density at radius 3 is 2.64 bits per heavy atom. The standard InChI is InChI=1S/C17H23N3O5/c1-11-13(6-9-25-11)14(21)19-7-4-12(5-8-19)20-15(22)17(2,10-24-3)18-16(20)23/h6,9,12H,4-5,7-8,10H2,1-3H3,(H,18,23). The molecule has 8 heteroatoms. The van der Waals surface area contributed by atoms with Gasteiger partial charge in [0.1, 0.15) is 11.3 Å². The first-order valence-electron chi connectivity index (χ1n) is 8.35. The van der Waals surface area contributed by atoms with Gasteiger partial charge in [-0.3, -0.25) is 14.5 Å². The van der Waals surface area contributed by atoms with Crippen molar-refractivity contribution < 1.29 is 23.5 Å². The van der Waals surface area contributed by atoms with Crippen LogP contribution in [0.4, 0.5) is 4.79 Å². The normalized spacial score (nSPS) is 24.8. The van der Waals surface area contributed by atoms with Crippen molar-refractivity contribution in [3.63, 3.8) is 0 Å². The van der Waals surface area contributed by atoms with E-state index in [1.54, 1.807) is 24.8 Å². The highest BCUT2D eigenvalue weighted by molar-refractivity contribution is 6.07. The second-order valence-corrected chi connectivity index (χ2v) is 6.78. The lowest BCUT2D eigenvalue weighted by molar-refractivity contribution is -0.134. The number of hydrogen-bond donors (Lipinski definition) is 1. The molecule has 1 atom stereocenters. The fourth-order valence-electron chi connectivity index (χ4n) is 3.53. The van der Waals surface area contributed by atoms with Crippen molar-refractivity contribution in [1.29, 1.82) is 0 Å². The summed E-state index contributed by atoms with van der Waals surface area (Å²) in [6, 6.07) is 1.07. The second-order valence-electron chi connectivity index (χ2n) is 6.78. The van der Waals surface area contributed by atoms with Crippen molar-refractivity contribution in [3.05, 3.63) is 23.7 Å². The Morgan fingerprint density at radius 2 is 2.08 bits per heavy atom. The Labute approximate surface area is 146 Å². The third-order valence-corrected chi connectivity index (χ3v) is 4.93. The largest absolute Gasteiger partial charge is 0.469 e. The van der Waals surface area contributed by atoms with Crippen LogP contribution < -0.4 is 5.32 Å². The van der Waals surface area contributed by atoms with Crippen molar-refractivity contribution in [2.75, 3.05) is 26.8 Å². The van der Waals surface area contributed by atoms with Crippen molar-refractivity contribution >= 4 is 17.8 Å². The van der Waals surface area contributed by atoms with Crippen LogP contribution in [0.15, 0.2) is 16.7 Å². The molecule has 25 heavy (non-hydrogen) atoms. The molecule has 3 rings (SSSR count). The second kappa shape index (κ2) is 6.51. The molecule has 2 aliphatic rings. The van der Waals surface area contributed by atoms with Crippen molar-refractivity contribution in [3.8, 4) is 0 Å². The smallest absolute Gasteiger partial charge is 0.325 e. The number of piperidine rings is 1. The predicted molar refractivity (Wildman–Crippen MR) is 88.0 cm³/mol. The Kier molecular flexibility index (Phi) is 4.55. The number of carbonyl (C=O) groups is 3. The molecule has 8 nitrogen and oxygen atoms in total. The van der Waals surface area contributed by atoms with E-state index in [9.17, 15) is 14.4 Å². The van der Waals surface area contributed by atoms with E-state index < -0.39 is 5.54 Å². The van der Waals surface area contributed by atoms with E-state index in [1.807, 2.05) is 0 Å². The van der Waals surface area contributed by atoms with Gasteiger partial charge in [0.15, 0.2) is 0 Å². The first-order chi connectivity index (χ1) is 11.9. The number of methoxy groups -OCH3 is 1. The molecule has 0 bridgehead atoms. The van der Waals surface area contributed by atoms with E-state index >= 15 is 0 Å². The van der Waals surface area contributed by atoms with Gasteiger partial charge in [0, 0.05) is 26.2 Å². The average molecular weight is 349 g/mol. The van der Waals surface area contributed by atoms with Crippen LogP contribution in [0.2, 0.25) is 0 Å². The van der Waals surface area contributed by atoms with Crippen LogP contribution in [0.3, 0.4) is 0 Å². The molecule has 0 spiro atoms. The van der Waals surface area contributed by atoms with Gasteiger partial charge in [0.2, 0.25) is 0 Å². The van der Waals surface area contributed by atoms with Gasteiger partial charge < -0.3 is 19.4 Å². The molecule has 1 aromatic heterocycles. The highest BCUT2D eigenvalue weighted by atomic mass is 16.5. The fourth-order valence-corrected chi connectivity index (χ4v) is 3.53. The third-order valence-electron chi connectivity index (χ3n) is 4.93. The molecule has 1 N–H and O–H groups in total. The highest BCUT2D eigenvalue weighted by Crippen LogP contribution is 2.26. The summed E-state index contributed by atoms with van der Waals surface area (Å²) in [7, 11) is 1.50. The van der Waals surface area contributed by atoms with E-state index in [1.165, 1.54) is 18.3 Å². The van der Waals surface area contributed by atoms with E-state index in [0.29, 0.717) is 37.3 Å². The molecular formula is C17H23N3O5. The monoisotopic (exact) mass is 349 g/mol. The molecular weight excluding hydrogens is 326 g/mol. The lowest BCUT2D eigenvalue weighted by atomic mass is 9.99. The van der Waals surface area contributed by atoms with E-state index in [2.05, 4.69) is 5.32 Å². The first-order valence-corrected chi connectivity index (χ1v) is 8.35. The fraction of sp³-hybridized carbons (Fsp3) is 0.588. The third kappa shape index (κ3) is 3.02. The molecule has 1 aromatic rings. The molecule has 0 aliphatic carbocycles. The number of nitrogens with zero attached hydrogens (tertiary/aromatic N) is 2. The molecule has 136 valence electrons. The number of ether oxygens (including phenoxy) is 1. The first kappa shape index (κ1) is 17.5. The van der Waals surface area contributed by atoms with Crippen LogP contribution >= 0.6 is 0 Å². The van der Waals surface area contributed by atoms with Gasteiger partial charge >= 0.3 is 6.03 Å².